The van der Waals surface area contributed by atoms with Crippen LogP contribution in [0.1, 0.15) is 5.56 Å². The quantitative estimate of drug-likeness (QED) is 0.662. The molecule has 4 heteroatoms. The minimum absolute atomic E-state index is 0.377. The highest BCUT2D eigenvalue weighted by atomic mass is 16.5. The molecule has 0 amide bonds. The predicted molar refractivity (Wildman–Crippen MR) is 104 cm³/mol. The van der Waals surface area contributed by atoms with E-state index in [-0.39, 0.29) is 0 Å². The van der Waals surface area contributed by atoms with Gasteiger partial charge in [-0.15, -0.1) is 0 Å². The van der Waals surface area contributed by atoms with Crippen molar-refractivity contribution >= 4 is 11.7 Å². The number of para-hydroxylation sites is 1. The van der Waals surface area contributed by atoms with Crippen molar-refractivity contribution < 1.29 is 14.6 Å². The monoisotopic (exact) mass is 347 g/mol. The van der Waals surface area contributed by atoms with E-state index < -0.39 is 12.0 Å². The lowest BCUT2D eigenvalue weighted by Gasteiger charge is -2.19. The van der Waals surface area contributed by atoms with Gasteiger partial charge in [0.2, 0.25) is 0 Å². The van der Waals surface area contributed by atoms with Gasteiger partial charge in [-0.3, -0.25) is 0 Å². The van der Waals surface area contributed by atoms with Gasteiger partial charge in [-0.2, -0.15) is 0 Å². The zero-order valence-electron chi connectivity index (χ0n) is 14.6. The maximum atomic E-state index is 11.8. The Bertz CT molecular complexity index is 860. The SMILES string of the molecule is COc1ccc(C[C@H](Nc2ccccc2-c2ccccc2)C(=O)O)cc1. The number of nitrogens with one attached hydrogen (secondary N) is 1. The molecule has 0 saturated carbocycles. The van der Waals surface area contributed by atoms with E-state index in [4.69, 9.17) is 4.74 Å². The van der Waals surface area contributed by atoms with Crippen LogP contribution >= 0.6 is 0 Å². The summed E-state index contributed by atoms with van der Waals surface area (Å²) in [6.45, 7) is 0. The van der Waals surface area contributed by atoms with Gasteiger partial charge in [-0.05, 0) is 29.3 Å². The minimum atomic E-state index is -0.885. The molecule has 3 rings (SSSR count). The van der Waals surface area contributed by atoms with Gasteiger partial charge in [-0.25, -0.2) is 4.79 Å². The van der Waals surface area contributed by atoms with Crippen LogP contribution in [0, 0.1) is 0 Å². The first kappa shape index (κ1) is 17.5. The first-order valence-electron chi connectivity index (χ1n) is 8.44. The second-order valence-corrected chi connectivity index (χ2v) is 6.00. The summed E-state index contributed by atoms with van der Waals surface area (Å²) in [6, 6.07) is 24.4. The third kappa shape index (κ3) is 4.22. The van der Waals surface area contributed by atoms with Crippen molar-refractivity contribution in [1.29, 1.82) is 0 Å². The van der Waals surface area contributed by atoms with Crippen molar-refractivity contribution in [3.8, 4) is 16.9 Å². The fourth-order valence-electron chi connectivity index (χ4n) is 2.86. The number of carboxylic acid groups (broad SMARTS) is 1. The van der Waals surface area contributed by atoms with E-state index >= 15 is 0 Å². The van der Waals surface area contributed by atoms with Crippen LogP contribution in [0.2, 0.25) is 0 Å². The summed E-state index contributed by atoms with van der Waals surface area (Å²) in [5, 5.41) is 12.9. The second kappa shape index (κ2) is 8.21. The smallest absolute Gasteiger partial charge is 0.326 e. The lowest BCUT2D eigenvalue weighted by atomic mass is 10.0. The second-order valence-electron chi connectivity index (χ2n) is 6.00. The number of methoxy groups -OCH3 is 1. The number of hydrogen-bond acceptors (Lipinski definition) is 3. The van der Waals surface area contributed by atoms with Crippen LogP contribution in [-0.4, -0.2) is 24.2 Å². The first-order valence-corrected chi connectivity index (χ1v) is 8.44. The molecule has 4 nitrogen and oxygen atoms in total. The van der Waals surface area contributed by atoms with Crippen molar-refractivity contribution in [2.45, 2.75) is 12.5 Å². The highest BCUT2D eigenvalue weighted by Gasteiger charge is 2.19. The van der Waals surface area contributed by atoms with Crippen LogP contribution in [0.5, 0.6) is 5.75 Å². The van der Waals surface area contributed by atoms with Gasteiger partial charge in [-0.1, -0.05) is 60.7 Å². The Balaban J connectivity index is 1.83. The molecule has 0 unspecified atom stereocenters. The van der Waals surface area contributed by atoms with Gasteiger partial charge in [0, 0.05) is 17.7 Å². The largest absolute Gasteiger partial charge is 0.497 e. The molecule has 0 radical (unpaired) electrons. The Labute approximate surface area is 153 Å². The van der Waals surface area contributed by atoms with Crippen LogP contribution in [0.3, 0.4) is 0 Å². The first-order chi connectivity index (χ1) is 12.7. The number of ether oxygens (including phenoxy) is 1. The Hall–Kier alpha value is -3.27. The van der Waals surface area contributed by atoms with E-state index in [0.717, 1.165) is 28.1 Å². The summed E-state index contributed by atoms with van der Waals surface area (Å²) >= 11 is 0. The summed E-state index contributed by atoms with van der Waals surface area (Å²) in [6.07, 6.45) is 0.377. The van der Waals surface area contributed by atoms with Gasteiger partial charge < -0.3 is 15.2 Å². The maximum Gasteiger partial charge on any atom is 0.326 e. The molecule has 0 bridgehead atoms. The summed E-state index contributed by atoms with van der Waals surface area (Å²) < 4.78 is 5.15. The molecule has 26 heavy (non-hydrogen) atoms. The number of carbonyl (C=O) groups is 1. The number of aliphatic carboxylic acids is 1. The summed E-state index contributed by atoms with van der Waals surface area (Å²) in [7, 11) is 1.61. The van der Waals surface area contributed by atoms with Gasteiger partial charge in [0.25, 0.3) is 0 Å². The molecule has 2 N–H and O–H groups in total. The molecule has 0 aromatic heterocycles. The molecule has 0 spiro atoms. The highest BCUT2D eigenvalue weighted by Crippen LogP contribution is 2.28. The topological polar surface area (TPSA) is 58.6 Å². The summed E-state index contributed by atoms with van der Waals surface area (Å²) in [5.41, 5.74) is 3.76. The van der Waals surface area contributed by atoms with E-state index in [9.17, 15) is 9.90 Å². The summed E-state index contributed by atoms with van der Waals surface area (Å²) in [4.78, 5) is 11.8. The van der Waals surface area contributed by atoms with Crippen molar-refractivity contribution in [3.05, 3.63) is 84.4 Å². The molecule has 3 aromatic carbocycles. The fraction of sp³-hybridized carbons (Fsp3) is 0.136. The van der Waals surface area contributed by atoms with E-state index in [2.05, 4.69) is 5.32 Å². The summed E-state index contributed by atoms with van der Waals surface area (Å²) in [5.74, 6) is -0.133. The van der Waals surface area contributed by atoms with E-state index in [1.165, 1.54) is 0 Å². The van der Waals surface area contributed by atoms with Crippen molar-refractivity contribution in [1.82, 2.24) is 0 Å². The Morgan fingerprint density at radius 2 is 1.62 bits per heavy atom. The molecule has 0 aliphatic heterocycles. The number of hydrogen-bond donors (Lipinski definition) is 2. The zero-order chi connectivity index (χ0) is 18.4. The Morgan fingerprint density at radius 3 is 2.27 bits per heavy atom. The van der Waals surface area contributed by atoms with E-state index in [1.54, 1.807) is 7.11 Å². The predicted octanol–water partition coefficient (Wildman–Crippen LogP) is 4.47. The maximum absolute atomic E-state index is 11.8. The van der Waals surface area contributed by atoms with Crippen molar-refractivity contribution in [2.75, 3.05) is 12.4 Å². The lowest BCUT2D eigenvalue weighted by molar-refractivity contribution is -0.137. The van der Waals surface area contributed by atoms with E-state index in [1.807, 2.05) is 78.9 Å². The van der Waals surface area contributed by atoms with Gasteiger partial charge in [0.05, 0.1) is 7.11 Å². The average Bonchev–Trinajstić information content (AvgIpc) is 2.69. The van der Waals surface area contributed by atoms with Crippen LogP contribution < -0.4 is 10.1 Å². The van der Waals surface area contributed by atoms with Crippen LogP contribution in [-0.2, 0) is 11.2 Å². The van der Waals surface area contributed by atoms with Crippen molar-refractivity contribution in [3.63, 3.8) is 0 Å². The molecule has 0 saturated heterocycles. The zero-order valence-corrected chi connectivity index (χ0v) is 14.6. The third-order valence-electron chi connectivity index (χ3n) is 4.24. The van der Waals surface area contributed by atoms with E-state index in [0.29, 0.717) is 6.42 Å². The molecule has 0 aliphatic rings. The molecule has 0 fully saturated rings. The molecule has 3 aromatic rings. The molecular weight excluding hydrogens is 326 g/mol. The number of benzene rings is 3. The number of rotatable bonds is 7. The van der Waals surface area contributed by atoms with Gasteiger partial charge >= 0.3 is 5.97 Å². The number of carboxylic acids is 1. The fourth-order valence-corrected chi connectivity index (χ4v) is 2.86. The Morgan fingerprint density at radius 1 is 0.962 bits per heavy atom. The highest BCUT2D eigenvalue weighted by molar-refractivity contribution is 5.83. The van der Waals surface area contributed by atoms with Crippen molar-refractivity contribution in [2.24, 2.45) is 0 Å². The third-order valence-corrected chi connectivity index (χ3v) is 4.24. The molecular formula is C22H21NO3. The van der Waals surface area contributed by atoms with Gasteiger partial charge in [0.15, 0.2) is 0 Å². The number of anilines is 1. The minimum Gasteiger partial charge on any atom is -0.497 e. The van der Waals surface area contributed by atoms with Gasteiger partial charge in [0.1, 0.15) is 11.8 Å². The standard InChI is InChI=1S/C22H21NO3/c1-26-18-13-11-16(12-14-18)15-21(22(24)25)23-20-10-6-5-9-19(20)17-7-3-2-4-8-17/h2-14,21,23H,15H2,1H3,(H,24,25)/t21-/m0/s1. The average molecular weight is 347 g/mol. The molecule has 1 atom stereocenters. The lowest BCUT2D eigenvalue weighted by Crippen LogP contribution is -2.31. The van der Waals surface area contributed by atoms with Crippen LogP contribution in [0.15, 0.2) is 78.9 Å². The van der Waals surface area contributed by atoms with Crippen LogP contribution in [0.25, 0.3) is 11.1 Å². The molecule has 0 aliphatic carbocycles. The molecule has 0 heterocycles. The Kier molecular flexibility index (Phi) is 5.54. The normalized spacial score (nSPS) is 11.6. The molecule has 132 valence electrons. The van der Waals surface area contributed by atoms with Crippen LogP contribution in [0.4, 0.5) is 5.69 Å².